The molecule has 0 radical (unpaired) electrons. The van der Waals surface area contributed by atoms with Gasteiger partial charge in [-0.3, -0.25) is 0 Å². The molecule has 1 aliphatic heterocycles. The molecule has 0 spiro atoms. The van der Waals surface area contributed by atoms with Gasteiger partial charge >= 0.3 is 0 Å². The molecular formula is C13H19NO3. The number of methoxy groups -OCH3 is 3. The van der Waals surface area contributed by atoms with Crippen LogP contribution < -0.4 is 14.8 Å². The van der Waals surface area contributed by atoms with E-state index in [4.69, 9.17) is 14.2 Å². The molecule has 4 nitrogen and oxygen atoms in total. The van der Waals surface area contributed by atoms with Crippen LogP contribution in [0.1, 0.15) is 5.56 Å². The summed E-state index contributed by atoms with van der Waals surface area (Å²) in [4.78, 5) is 0. The molecule has 1 saturated heterocycles. The number of nitrogens with one attached hydrogen (secondary N) is 1. The third-order valence-electron chi connectivity index (χ3n) is 3.33. The van der Waals surface area contributed by atoms with Gasteiger partial charge in [-0.05, 0) is 11.6 Å². The van der Waals surface area contributed by atoms with Crippen molar-refractivity contribution >= 4 is 0 Å². The summed E-state index contributed by atoms with van der Waals surface area (Å²) in [6, 6.07) is 5.90. The van der Waals surface area contributed by atoms with Gasteiger partial charge in [0, 0.05) is 32.7 Å². The zero-order valence-electron chi connectivity index (χ0n) is 10.6. The highest BCUT2D eigenvalue weighted by Crippen LogP contribution is 2.30. The lowest BCUT2D eigenvalue weighted by Gasteiger charge is -2.41. The molecule has 0 saturated carbocycles. The highest BCUT2D eigenvalue weighted by molar-refractivity contribution is 5.41. The quantitative estimate of drug-likeness (QED) is 0.836. The van der Waals surface area contributed by atoms with Gasteiger partial charge in [0.2, 0.25) is 0 Å². The molecule has 2 rings (SSSR count). The SMILES string of the molecule is COc1ccc(CC2(OC)CNC2)c(OC)c1. The maximum absolute atomic E-state index is 5.58. The topological polar surface area (TPSA) is 39.7 Å². The fourth-order valence-electron chi connectivity index (χ4n) is 2.09. The molecule has 0 unspecified atom stereocenters. The molecule has 0 aliphatic carbocycles. The number of hydrogen-bond donors (Lipinski definition) is 1. The van der Waals surface area contributed by atoms with Crippen LogP contribution >= 0.6 is 0 Å². The van der Waals surface area contributed by atoms with E-state index in [1.165, 1.54) is 0 Å². The summed E-state index contributed by atoms with van der Waals surface area (Å²) < 4.78 is 16.2. The van der Waals surface area contributed by atoms with Gasteiger partial charge in [0.15, 0.2) is 0 Å². The molecule has 0 atom stereocenters. The van der Waals surface area contributed by atoms with Gasteiger partial charge in [-0.15, -0.1) is 0 Å². The van der Waals surface area contributed by atoms with Gasteiger partial charge in [-0.25, -0.2) is 0 Å². The molecule has 1 N–H and O–H groups in total. The molecule has 1 heterocycles. The first-order valence-corrected chi connectivity index (χ1v) is 5.70. The third kappa shape index (κ3) is 2.37. The molecule has 17 heavy (non-hydrogen) atoms. The van der Waals surface area contributed by atoms with Gasteiger partial charge in [-0.2, -0.15) is 0 Å². The number of ether oxygens (including phenoxy) is 3. The zero-order valence-corrected chi connectivity index (χ0v) is 10.6. The van der Waals surface area contributed by atoms with Crippen LogP contribution in [0.4, 0.5) is 0 Å². The minimum atomic E-state index is -0.0815. The lowest BCUT2D eigenvalue weighted by molar-refractivity contribution is -0.0505. The van der Waals surface area contributed by atoms with Crippen LogP contribution in [-0.2, 0) is 11.2 Å². The Hall–Kier alpha value is -1.26. The zero-order chi connectivity index (χ0) is 12.3. The summed E-state index contributed by atoms with van der Waals surface area (Å²) >= 11 is 0. The Morgan fingerprint density at radius 3 is 2.41 bits per heavy atom. The first-order valence-electron chi connectivity index (χ1n) is 5.70. The van der Waals surface area contributed by atoms with E-state index < -0.39 is 0 Å². The lowest BCUT2D eigenvalue weighted by atomic mass is 9.88. The largest absolute Gasteiger partial charge is 0.497 e. The molecule has 0 bridgehead atoms. The van der Waals surface area contributed by atoms with Crippen LogP contribution in [0.15, 0.2) is 18.2 Å². The number of hydrogen-bond acceptors (Lipinski definition) is 4. The average molecular weight is 237 g/mol. The number of rotatable bonds is 5. The summed E-state index contributed by atoms with van der Waals surface area (Å²) in [6.45, 7) is 1.78. The maximum atomic E-state index is 5.58. The second-order valence-corrected chi connectivity index (χ2v) is 4.35. The monoisotopic (exact) mass is 237 g/mol. The summed E-state index contributed by atoms with van der Waals surface area (Å²) in [6.07, 6.45) is 0.851. The minimum Gasteiger partial charge on any atom is -0.497 e. The van der Waals surface area contributed by atoms with Crippen molar-refractivity contribution in [2.45, 2.75) is 12.0 Å². The van der Waals surface area contributed by atoms with Gasteiger partial charge in [0.05, 0.1) is 19.8 Å². The van der Waals surface area contributed by atoms with Crippen LogP contribution in [0.5, 0.6) is 11.5 Å². The molecule has 94 valence electrons. The summed E-state index contributed by atoms with van der Waals surface area (Å²) in [5, 5.41) is 3.24. The van der Waals surface area contributed by atoms with Crippen molar-refractivity contribution in [2.24, 2.45) is 0 Å². The Morgan fingerprint density at radius 1 is 1.18 bits per heavy atom. The molecule has 1 fully saturated rings. The van der Waals surface area contributed by atoms with Crippen LogP contribution in [0.2, 0.25) is 0 Å². The van der Waals surface area contributed by atoms with Gasteiger partial charge < -0.3 is 19.5 Å². The maximum Gasteiger partial charge on any atom is 0.125 e. The lowest BCUT2D eigenvalue weighted by Crippen LogP contribution is -2.61. The van der Waals surface area contributed by atoms with E-state index >= 15 is 0 Å². The van der Waals surface area contributed by atoms with Crippen molar-refractivity contribution in [1.29, 1.82) is 0 Å². The fraction of sp³-hybridized carbons (Fsp3) is 0.538. The average Bonchev–Trinajstić information content (AvgIpc) is 2.34. The molecule has 1 aromatic carbocycles. The summed E-state index contributed by atoms with van der Waals surface area (Å²) in [5.41, 5.74) is 1.07. The number of benzene rings is 1. The standard InChI is InChI=1S/C13H19NO3/c1-15-11-5-4-10(12(6-11)16-2)7-13(17-3)8-14-9-13/h4-6,14H,7-9H2,1-3H3. The Morgan fingerprint density at radius 2 is 1.94 bits per heavy atom. The molecule has 4 heteroatoms. The van der Waals surface area contributed by atoms with Gasteiger partial charge in [-0.1, -0.05) is 6.07 Å². The van der Waals surface area contributed by atoms with E-state index in [0.29, 0.717) is 0 Å². The summed E-state index contributed by atoms with van der Waals surface area (Å²) in [7, 11) is 5.09. The minimum absolute atomic E-state index is 0.0815. The van der Waals surface area contributed by atoms with E-state index in [2.05, 4.69) is 5.32 Å². The van der Waals surface area contributed by atoms with E-state index in [1.807, 2.05) is 18.2 Å². The van der Waals surface area contributed by atoms with E-state index in [9.17, 15) is 0 Å². The van der Waals surface area contributed by atoms with Gasteiger partial charge in [0.25, 0.3) is 0 Å². The first kappa shape index (κ1) is 12.2. The molecule has 1 aromatic rings. The first-order chi connectivity index (χ1) is 8.23. The predicted molar refractivity (Wildman–Crippen MR) is 65.9 cm³/mol. The van der Waals surface area contributed by atoms with E-state index in [-0.39, 0.29) is 5.60 Å². The van der Waals surface area contributed by atoms with Gasteiger partial charge in [0.1, 0.15) is 11.5 Å². The molecule has 0 amide bonds. The van der Waals surface area contributed by atoms with Crippen molar-refractivity contribution in [2.75, 3.05) is 34.4 Å². The molecule has 0 aromatic heterocycles. The second kappa shape index (κ2) is 4.94. The van der Waals surface area contributed by atoms with Crippen molar-refractivity contribution in [3.63, 3.8) is 0 Å². The predicted octanol–water partition coefficient (Wildman–Crippen LogP) is 1.23. The molecule has 1 aliphatic rings. The third-order valence-corrected chi connectivity index (χ3v) is 3.33. The van der Waals surface area contributed by atoms with Crippen molar-refractivity contribution < 1.29 is 14.2 Å². The normalized spacial score (nSPS) is 17.4. The van der Waals surface area contributed by atoms with Crippen LogP contribution in [0.3, 0.4) is 0 Å². The Labute approximate surface area is 102 Å². The Bertz CT molecular complexity index is 383. The highest BCUT2D eigenvalue weighted by Gasteiger charge is 2.37. The van der Waals surface area contributed by atoms with Crippen LogP contribution in [0.25, 0.3) is 0 Å². The molecular weight excluding hydrogens is 218 g/mol. The highest BCUT2D eigenvalue weighted by atomic mass is 16.5. The van der Waals surface area contributed by atoms with Crippen molar-refractivity contribution in [3.8, 4) is 11.5 Å². The Kier molecular flexibility index (Phi) is 3.54. The summed E-state index contributed by atoms with van der Waals surface area (Å²) in [5.74, 6) is 1.66. The second-order valence-electron chi connectivity index (χ2n) is 4.35. The van der Waals surface area contributed by atoms with E-state index in [1.54, 1.807) is 21.3 Å². The Balaban J connectivity index is 2.20. The van der Waals surface area contributed by atoms with Crippen LogP contribution in [-0.4, -0.2) is 40.0 Å². The van der Waals surface area contributed by atoms with Crippen LogP contribution in [0, 0.1) is 0 Å². The van der Waals surface area contributed by atoms with Crippen molar-refractivity contribution in [1.82, 2.24) is 5.32 Å². The smallest absolute Gasteiger partial charge is 0.125 e. The fourth-order valence-corrected chi connectivity index (χ4v) is 2.09. The van der Waals surface area contributed by atoms with Crippen molar-refractivity contribution in [3.05, 3.63) is 23.8 Å². The van der Waals surface area contributed by atoms with E-state index in [0.717, 1.165) is 36.6 Å².